The van der Waals surface area contributed by atoms with Crippen molar-refractivity contribution in [2.75, 3.05) is 23.5 Å². The molecule has 0 bridgehead atoms. The molecular weight excluding hydrogens is 731 g/mol. The van der Waals surface area contributed by atoms with Gasteiger partial charge in [0.2, 0.25) is 46.7 Å². The fourth-order valence-corrected chi connectivity index (χ4v) is 6.39. The molecule has 4 aromatic rings. The molecule has 0 aliphatic carbocycles. The van der Waals surface area contributed by atoms with Crippen LogP contribution in [0, 0.1) is 48.9 Å². The Bertz CT molecular complexity index is 2150. The van der Waals surface area contributed by atoms with E-state index in [1.54, 1.807) is 46.8 Å². The summed E-state index contributed by atoms with van der Waals surface area (Å²) in [5.41, 5.74) is 7.13. The molecule has 53 heavy (non-hydrogen) atoms. The van der Waals surface area contributed by atoms with Crippen LogP contribution < -0.4 is 19.9 Å². The fraction of sp³-hybridized carbons (Fsp3) is 0.324. The Morgan fingerprint density at radius 1 is 0.925 bits per heavy atom. The van der Waals surface area contributed by atoms with Crippen molar-refractivity contribution in [3.05, 3.63) is 82.9 Å². The van der Waals surface area contributed by atoms with Crippen LogP contribution in [-0.2, 0) is 19.6 Å². The highest BCUT2D eigenvalue weighted by molar-refractivity contribution is 7.92. The number of nitrogen functional groups attached to an aromatic ring is 1. The molecule has 1 aliphatic heterocycles. The van der Waals surface area contributed by atoms with E-state index in [1.807, 2.05) is 6.07 Å². The summed E-state index contributed by atoms with van der Waals surface area (Å²) >= 11 is 0. The molecule has 0 saturated carbocycles. The number of carbonyl (C=O) groups is 2. The van der Waals surface area contributed by atoms with Gasteiger partial charge in [0.05, 0.1) is 23.8 Å². The Balaban J connectivity index is 1.52. The average molecular weight is 765 g/mol. The first kappa shape index (κ1) is 38.6. The summed E-state index contributed by atoms with van der Waals surface area (Å²) in [5.74, 6) is -17.2. The molecule has 0 spiro atoms. The minimum atomic E-state index is -4.35. The maximum absolute atomic E-state index is 14.4. The Labute approximate surface area is 300 Å². The van der Waals surface area contributed by atoms with Gasteiger partial charge in [-0.15, -0.1) is 0 Å². The van der Waals surface area contributed by atoms with Gasteiger partial charge < -0.3 is 24.8 Å². The van der Waals surface area contributed by atoms with Crippen LogP contribution >= 0.6 is 0 Å². The summed E-state index contributed by atoms with van der Waals surface area (Å²) < 4.78 is 115. The van der Waals surface area contributed by atoms with Gasteiger partial charge in [-0.05, 0) is 51.8 Å². The van der Waals surface area contributed by atoms with Crippen molar-refractivity contribution >= 4 is 33.7 Å². The second-order valence-electron chi connectivity index (χ2n) is 13.1. The zero-order chi connectivity index (χ0) is 39.0. The molecule has 1 amide bonds. The third-order valence-electron chi connectivity index (χ3n) is 7.77. The monoisotopic (exact) mass is 764 g/mol. The van der Waals surface area contributed by atoms with Crippen molar-refractivity contribution in [2.24, 2.45) is 5.92 Å². The van der Waals surface area contributed by atoms with E-state index >= 15 is 0 Å². The molecule has 3 heterocycles. The molecule has 1 aliphatic rings. The van der Waals surface area contributed by atoms with Gasteiger partial charge in [-0.1, -0.05) is 18.2 Å². The van der Waals surface area contributed by atoms with E-state index < -0.39 is 87.0 Å². The van der Waals surface area contributed by atoms with Crippen LogP contribution in [0.4, 0.5) is 38.4 Å². The van der Waals surface area contributed by atoms with E-state index in [0.29, 0.717) is 5.56 Å². The van der Waals surface area contributed by atoms with Gasteiger partial charge in [0.25, 0.3) is 10.0 Å². The summed E-state index contributed by atoms with van der Waals surface area (Å²) in [6.45, 7) is 7.63. The number of carbonyl (C=O) groups excluding carboxylic acids is 2. The molecule has 2 aromatic heterocycles. The van der Waals surface area contributed by atoms with E-state index in [-0.39, 0.29) is 35.1 Å². The quantitative estimate of drug-likeness (QED) is 0.0725. The van der Waals surface area contributed by atoms with Gasteiger partial charge >= 0.3 is 12.1 Å². The highest BCUT2D eigenvalue weighted by Gasteiger charge is 2.39. The van der Waals surface area contributed by atoms with Gasteiger partial charge in [-0.25, -0.2) is 36.1 Å². The van der Waals surface area contributed by atoms with E-state index in [1.165, 1.54) is 18.3 Å². The molecule has 1 saturated heterocycles. The predicted octanol–water partition coefficient (Wildman–Crippen LogP) is 5.84. The number of piperidine rings is 1. The summed E-state index contributed by atoms with van der Waals surface area (Å²) in [6, 6.07) is 7.97. The highest BCUT2D eigenvalue weighted by atomic mass is 32.2. The number of nitrogens with zero attached hydrogens (tertiary/aromatic N) is 4. The molecule has 1 fully saturated rings. The number of hydrogen-bond donors (Lipinski definition) is 2. The van der Waals surface area contributed by atoms with Crippen LogP contribution in [0.1, 0.15) is 38.3 Å². The minimum Gasteiger partial charge on any atom is -0.472 e. The number of nitrogens with one attached hydrogen (secondary N) is 1. The lowest BCUT2D eigenvalue weighted by Gasteiger charge is -2.37. The lowest BCUT2D eigenvalue weighted by molar-refractivity contribution is -0.142. The molecule has 13 nitrogen and oxygen atoms in total. The Kier molecular flexibility index (Phi) is 10.8. The first-order valence-corrected chi connectivity index (χ1v) is 17.3. The first-order valence-electron chi connectivity index (χ1n) is 15.8. The van der Waals surface area contributed by atoms with E-state index in [9.17, 15) is 40.0 Å². The van der Waals surface area contributed by atoms with E-state index in [0.717, 1.165) is 22.2 Å². The van der Waals surface area contributed by atoms with E-state index in [4.69, 9.17) is 19.9 Å². The lowest BCUT2D eigenvalue weighted by Crippen LogP contribution is -2.52. The number of esters is 1. The van der Waals surface area contributed by atoms with Gasteiger partial charge in [0.1, 0.15) is 16.6 Å². The minimum absolute atomic E-state index is 0.0715. The maximum Gasteiger partial charge on any atom is 0.410 e. The first-order chi connectivity index (χ1) is 24.7. The van der Waals surface area contributed by atoms with E-state index in [2.05, 4.69) is 19.7 Å². The number of sulfonamides is 1. The molecule has 2 aromatic carbocycles. The van der Waals surface area contributed by atoms with Crippen LogP contribution in [0.3, 0.4) is 0 Å². The number of pyridine rings is 1. The molecule has 5 rings (SSSR count). The number of nitrogens with two attached hydrogens (primary N) is 1. The molecule has 19 heteroatoms. The number of amides is 1. The number of anilines is 2. The van der Waals surface area contributed by atoms with Crippen LogP contribution in [0.25, 0.3) is 11.3 Å². The number of likely N-dealkylation sites (tertiary alicyclic amines) is 1. The molecular formula is C34H33F5N6O7S. The third kappa shape index (κ3) is 8.73. The number of aryl methyl sites for hydroxylation is 2. The summed E-state index contributed by atoms with van der Waals surface area (Å²) in [4.78, 5) is 39.6. The summed E-state index contributed by atoms with van der Waals surface area (Å²) in [6.07, 6.45) is -0.104. The van der Waals surface area contributed by atoms with Crippen LogP contribution in [0.5, 0.6) is 11.6 Å². The van der Waals surface area contributed by atoms with Crippen LogP contribution in [0.2, 0.25) is 0 Å². The van der Waals surface area contributed by atoms with Crippen LogP contribution in [-0.4, -0.2) is 65.1 Å². The smallest absolute Gasteiger partial charge is 0.410 e. The number of aromatic nitrogens is 3. The Hall–Kier alpha value is -5.59. The summed E-state index contributed by atoms with van der Waals surface area (Å²) in [5, 5.41) is 0. The normalized spacial score (nSPS) is 16.2. The lowest BCUT2D eigenvalue weighted by atomic mass is 9.96. The predicted molar refractivity (Wildman–Crippen MR) is 179 cm³/mol. The number of benzene rings is 2. The topological polar surface area (TPSA) is 176 Å². The molecule has 282 valence electrons. The number of hydrogen-bond acceptors (Lipinski definition) is 11. The highest BCUT2D eigenvalue weighted by Crippen LogP contribution is 2.33. The zero-order valence-electron chi connectivity index (χ0n) is 28.8. The van der Waals surface area contributed by atoms with Crippen molar-refractivity contribution in [3.8, 4) is 22.9 Å². The van der Waals surface area contributed by atoms with Gasteiger partial charge in [0, 0.05) is 37.0 Å². The van der Waals surface area contributed by atoms with Gasteiger partial charge in [-0.3, -0.25) is 9.78 Å². The van der Waals surface area contributed by atoms with Crippen molar-refractivity contribution in [1.82, 2.24) is 19.9 Å². The zero-order valence-corrected chi connectivity index (χ0v) is 29.7. The molecule has 2 atom stereocenters. The second-order valence-corrected chi connectivity index (χ2v) is 14.8. The van der Waals surface area contributed by atoms with Gasteiger partial charge in [0.15, 0.2) is 0 Å². The molecule has 0 radical (unpaired) electrons. The maximum atomic E-state index is 14.4. The standard InChI is InChI=1S/C34H33F5N6O7S/c1-16-7-6-8-17(2)24(16)22-11-23(43-32(42-22)44-53(48,49)21-10-19(40)12-41-13-21)50-20-9-18(14-45(15-20)33(47)52-34(3,4)5)31(46)51-30-28(38)26(36)25(35)27(37)29(30)39/h6-8,10-13,18,20H,9,14-15,40H2,1-5H3,(H,42,43,44). The number of ether oxygens (including phenoxy) is 3. The molecule has 2 unspecified atom stereocenters. The summed E-state index contributed by atoms with van der Waals surface area (Å²) in [7, 11) is -4.35. The van der Waals surface area contributed by atoms with Gasteiger partial charge in [-0.2, -0.15) is 13.8 Å². The molecule has 3 N–H and O–H groups in total. The fourth-order valence-electron chi connectivity index (χ4n) is 5.45. The van der Waals surface area contributed by atoms with Crippen molar-refractivity contribution < 1.29 is 54.2 Å². The number of rotatable bonds is 8. The van der Waals surface area contributed by atoms with Crippen molar-refractivity contribution in [3.63, 3.8) is 0 Å². The second kappa shape index (κ2) is 14.8. The number of halogens is 5. The Morgan fingerprint density at radius 2 is 1.55 bits per heavy atom. The largest absolute Gasteiger partial charge is 0.472 e. The SMILES string of the molecule is Cc1cccc(C)c1-c1cc(OC2CC(C(=O)Oc3c(F)c(F)c(F)c(F)c3F)CN(C(=O)OC(C)(C)C)C2)nc(NS(=O)(=O)c2cncc(N)c2)n1. The third-order valence-corrected chi connectivity index (χ3v) is 9.06. The van der Waals surface area contributed by atoms with Crippen LogP contribution in [0.15, 0.2) is 47.6 Å². The average Bonchev–Trinajstić information content (AvgIpc) is 3.07. The van der Waals surface area contributed by atoms with Crippen molar-refractivity contribution in [1.29, 1.82) is 0 Å². The Morgan fingerprint density at radius 3 is 2.15 bits per heavy atom. The van der Waals surface area contributed by atoms with Crippen molar-refractivity contribution in [2.45, 2.75) is 57.6 Å².